The van der Waals surface area contributed by atoms with Crippen molar-refractivity contribution in [3.05, 3.63) is 5.82 Å². The topological polar surface area (TPSA) is 61.0 Å². The van der Waals surface area contributed by atoms with Gasteiger partial charge in [-0.2, -0.15) is 4.37 Å². The summed E-state index contributed by atoms with van der Waals surface area (Å²) < 4.78 is 9.94. The van der Waals surface area contributed by atoms with Crippen LogP contribution >= 0.6 is 11.5 Å². The molecule has 0 saturated heterocycles. The van der Waals surface area contributed by atoms with Crippen molar-refractivity contribution in [3.8, 4) is 0 Å². The molecule has 15 heavy (non-hydrogen) atoms. The van der Waals surface area contributed by atoms with E-state index < -0.39 is 0 Å². The summed E-state index contributed by atoms with van der Waals surface area (Å²) in [5.41, 5.74) is 5.34. The predicted octanol–water partition coefficient (Wildman–Crippen LogP) is 2.17. The Balaban J connectivity index is 2.22. The van der Waals surface area contributed by atoms with Gasteiger partial charge >= 0.3 is 0 Å². The maximum Gasteiger partial charge on any atom is 0.200 e. The molecule has 0 bridgehead atoms. The SMILES string of the molecule is COC1(c2nsc(N)n2)CCC(C)CC1. The first-order valence-corrected chi connectivity index (χ1v) is 6.08. The van der Waals surface area contributed by atoms with Crippen molar-refractivity contribution in [1.82, 2.24) is 9.36 Å². The highest BCUT2D eigenvalue weighted by Gasteiger charge is 2.39. The Bertz CT molecular complexity index is 331. The van der Waals surface area contributed by atoms with E-state index in [1.165, 1.54) is 24.4 Å². The second-order valence-electron chi connectivity index (χ2n) is 4.34. The fourth-order valence-corrected chi connectivity index (χ4v) is 2.68. The van der Waals surface area contributed by atoms with Gasteiger partial charge in [0.15, 0.2) is 11.0 Å². The number of aromatic nitrogens is 2. The minimum atomic E-state index is -0.277. The number of ether oxygens (including phenoxy) is 1. The van der Waals surface area contributed by atoms with Crippen molar-refractivity contribution in [2.75, 3.05) is 12.8 Å². The number of hydrogen-bond acceptors (Lipinski definition) is 5. The van der Waals surface area contributed by atoms with Crippen LogP contribution in [0.2, 0.25) is 0 Å². The van der Waals surface area contributed by atoms with Gasteiger partial charge in [-0.1, -0.05) is 6.92 Å². The second kappa shape index (κ2) is 4.06. The van der Waals surface area contributed by atoms with Gasteiger partial charge in [0, 0.05) is 18.6 Å². The predicted molar refractivity (Wildman–Crippen MR) is 60.6 cm³/mol. The Labute approximate surface area is 94.0 Å². The summed E-state index contributed by atoms with van der Waals surface area (Å²) in [6.07, 6.45) is 4.35. The van der Waals surface area contributed by atoms with E-state index >= 15 is 0 Å². The van der Waals surface area contributed by atoms with E-state index in [0.717, 1.165) is 24.6 Å². The summed E-state index contributed by atoms with van der Waals surface area (Å²) in [5, 5.41) is 0.528. The summed E-state index contributed by atoms with van der Waals surface area (Å²) in [5.74, 6) is 1.56. The molecule has 2 rings (SSSR count). The molecule has 0 amide bonds. The standard InChI is InChI=1S/C10H17N3OS/c1-7-3-5-10(14-2,6-4-7)8-12-9(11)15-13-8/h7H,3-6H2,1-2H3,(H2,11,12,13). The third-order valence-electron chi connectivity index (χ3n) is 3.32. The quantitative estimate of drug-likeness (QED) is 0.841. The first-order valence-electron chi connectivity index (χ1n) is 5.31. The first kappa shape index (κ1) is 10.8. The van der Waals surface area contributed by atoms with Gasteiger partial charge in [-0.25, -0.2) is 4.98 Å². The minimum Gasteiger partial charge on any atom is -0.374 e. The van der Waals surface area contributed by atoms with Gasteiger partial charge in [0.2, 0.25) is 0 Å². The van der Waals surface area contributed by atoms with E-state index in [1.54, 1.807) is 7.11 Å². The molecule has 0 radical (unpaired) electrons. The van der Waals surface area contributed by atoms with Crippen molar-refractivity contribution in [2.24, 2.45) is 5.92 Å². The van der Waals surface area contributed by atoms with Crippen molar-refractivity contribution in [3.63, 3.8) is 0 Å². The zero-order valence-electron chi connectivity index (χ0n) is 9.19. The summed E-state index contributed by atoms with van der Waals surface area (Å²) >= 11 is 1.25. The smallest absolute Gasteiger partial charge is 0.200 e. The van der Waals surface area contributed by atoms with Gasteiger partial charge < -0.3 is 10.5 Å². The average Bonchev–Trinajstić information content (AvgIpc) is 2.67. The van der Waals surface area contributed by atoms with Crippen molar-refractivity contribution in [1.29, 1.82) is 0 Å². The van der Waals surface area contributed by atoms with Crippen LogP contribution < -0.4 is 5.73 Å². The molecule has 0 aliphatic heterocycles. The summed E-state index contributed by atoms with van der Waals surface area (Å²) in [4.78, 5) is 4.26. The molecule has 2 N–H and O–H groups in total. The molecule has 0 unspecified atom stereocenters. The Morgan fingerprint density at radius 1 is 1.47 bits per heavy atom. The van der Waals surface area contributed by atoms with Crippen molar-refractivity contribution >= 4 is 16.7 Å². The van der Waals surface area contributed by atoms with Crippen LogP contribution in [0.25, 0.3) is 0 Å². The fraction of sp³-hybridized carbons (Fsp3) is 0.800. The largest absolute Gasteiger partial charge is 0.374 e. The minimum absolute atomic E-state index is 0.277. The zero-order valence-corrected chi connectivity index (χ0v) is 10.0. The molecule has 1 saturated carbocycles. The van der Waals surface area contributed by atoms with Gasteiger partial charge in [-0.3, -0.25) is 0 Å². The highest BCUT2D eigenvalue weighted by atomic mass is 32.1. The monoisotopic (exact) mass is 227 g/mol. The van der Waals surface area contributed by atoms with Crippen LogP contribution in [0, 0.1) is 5.92 Å². The maximum atomic E-state index is 5.65. The highest BCUT2D eigenvalue weighted by molar-refractivity contribution is 7.09. The summed E-state index contributed by atoms with van der Waals surface area (Å²) in [6.45, 7) is 2.28. The van der Waals surface area contributed by atoms with Crippen LogP contribution in [0.4, 0.5) is 5.13 Å². The lowest BCUT2D eigenvalue weighted by atomic mass is 9.79. The van der Waals surface area contributed by atoms with Crippen LogP contribution in [0.5, 0.6) is 0 Å². The Hall–Kier alpha value is -0.680. The Morgan fingerprint density at radius 3 is 2.60 bits per heavy atom. The molecule has 84 valence electrons. The Kier molecular flexibility index (Phi) is 2.93. The zero-order chi connectivity index (χ0) is 10.9. The normalized spacial score (nSPS) is 31.7. The van der Waals surface area contributed by atoms with Crippen molar-refractivity contribution in [2.45, 2.75) is 38.2 Å². The van der Waals surface area contributed by atoms with Crippen LogP contribution in [0.15, 0.2) is 0 Å². The van der Waals surface area contributed by atoms with E-state index in [4.69, 9.17) is 10.5 Å². The maximum absolute atomic E-state index is 5.65. The summed E-state index contributed by atoms with van der Waals surface area (Å²) in [6, 6.07) is 0. The lowest BCUT2D eigenvalue weighted by Crippen LogP contribution is -2.34. The highest BCUT2D eigenvalue weighted by Crippen LogP contribution is 2.41. The third kappa shape index (κ3) is 1.99. The van der Waals surface area contributed by atoms with E-state index in [2.05, 4.69) is 16.3 Å². The molecule has 1 aromatic rings. The molecule has 1 heterocycles. The number of methoxy groups -OCH3 is 1. The number of anilines is 1. The van der Waals surface area contributed by atoms with Gasteiger partial charge in [0.1, 0.15) is 5.60 Å². The summed E-state index contributed by atoms with van der Waals surface area (Å²) in [7, 11) is 1.74. The lowest BCUT2D eigenvalue weighted by Gasteiger charge is -2.35. The van der Waals surface area contributed by atoms with Crippen LogP contribution in [-0.2, 0) is 10.3 Å². The number of hydrogen-bond donors (Lipinski definition) is 1. The molecule has 4 nitrogen and oxygen atoms in total. The number of rotatable bonds is 2. The molecule has 0 spiro atoms. The molecule has 1 aliphatic rings. The van der Waals surface area contributed by atoms with Crippen LogP contribution in [0.3, 0.4) is 0 Å². The molecule has 5 heteroatoms. The number of nitrogens with two attached hydrogens (primary N) is 1. The van der Waals surface area contributed by atoms with E-state index in [9.17, 15) is 0 Å². The lowest BCUT2D eigenvalue weighted by molar-refractivity contribution is -0.0588. The van der Waals surface area contributed by atoms with E-state index in [-0.39, 0.29) is 5.60 Å². The molecular formula is C10H17N3OS. The van der Waals surface area contributed by atoms with Crippen LogP contribution in [-0.4, -0.2) is 16.5 Å². The molecular weight excluding hydrogens is 210 g/mol. The van der Waals surface area contributed by atoms with E-state index in [0.29, 0.717) is 5.13 Å². The molecule has 0 atom stereocenters. The molecule has 0 aromatic carbocycles. The first-order chi connectivity index (χ1) is 7.16. The molecule has 1 fully saturated rings. The van der Waals surface area contributed by atoms with Gasteiger partial charge in [0.05, 0.1) is 0 Å². The molecule has 1 aromatic heterocycles. The number of nitrogen functional groups attached to an aromatic ring is 1. The number of nitrogens with zero attached hydrogens (tertiary/aromatic N) is 2. The average molecular weight is 227 g/mol. The van der Waals surface area contributed by atoms with Crippen molar-refractivity contribution < 1.29 is 4.74 Å². The van der Waals surface area contributed by atoms with Crippen LogP contribution in [0.1, 0.15) is 38.4 Å². The molecule has 1 aliphatic carbocycles. The Morgan fingerprint density at radius 2 is 2.13 bits per heavy atom. The van der Waals surface area contributed by atoms with Gasteiger partial charge in [0.25, 0.3) is 0 Å². The van der Waals surface area contributed by atoms with Gasteiger partial charge in [-0.05, 0) is 31.6 Å². The fourth-order valence-electron chi connectivity index (χ4n) is 2.17. The second-order valence-corrected chi connectivity index (χ2v) is 5.12. The third-order valence-corrected chi connectivity index (χ3v) is 3.86. The van der Waals surface area contributed by atoms with E-state index in [1.807, 2.05) is 0 Å². The van der Waals surface area contributed by atoms with Gasteiger partial charge in [-0.15, -0.1) is 0 Å².